The Balaban J connectivity index is 0.000000357. The van der Waals surface area contributed by atoms with Gasteiger partial charge >= 0.3 is 12.1 Å². The first-order valence-corrected chi connectivity index (χ1v) is 10.6. The number of halogens is 4. The van der Waals surface area contributed by atoms with Crippen LogP contribution in [0.3, 0.4) is 0 Å². The molecule has 1 aliphatic heterocycles. The monoisotopic (exact) mass is 446 g/mol. The Hall–Kier alpha value is -2.16. The van der Waals surface area contributed by atoms with Crippen molar-refractivity contribution in [3.05, 3.63) is 29.6 Å². The van der Waals surface area contributed by atoms with Crippen molar-refractivity contribution < 1.29 is 32.3 Å². The number of alkyl halides is 3. The van der Waals surface area contributed by atoms with E-state index >= 15 is 0 Å². The summed E-state index contributed by atoms with van der Waals surface area (Å²) < 4.78 is 49.8. The first kappa shape index (κ1) is 25.1. The van der Waals surface area contributed by atoms with Crippen LogP contribution < -0.4 is 10.6 Å². The molecule has 1 aromatic rings. The molecule has 1 saturated heterocycles. The van der Waals surface area contributed by atoms with E-state index in [0.29, 0.717) is 18.4 Å². The van der Waals surface area contributed by atoms with Crippen molar-refractivity contribution >= 4 is 17.6 Å². The molecular formula is C22H30F4N2O3. The molecule has 1 saturated carbocycles. The summed E-state index contributed by atoms with van der Waals surface area (Å²) in [5.74, 6) is -1.64. The second-order valence-electron chi connectivity index (χ2n) is 8.34. The number of rotatable bonds is 7. The zero-order valence-corrected chi connectivity index (χ0v) is 17.7. The normalized spacial score (nSPS) is 18.0. The molecule has 0 radical (unpaired) electrons. The SMILES string of the molecule is CCC1CCNCC1.O=C(CCC(F)(F)F)Nc1cc(CC2(C(=O)O)CC2)ccc1F. The van der Waals surface area contributed by atoms with Crippen LogP contribution in [0.2, 0.25) is 0 Å². The van der Waals surface area contributed by atoms with Gasteiger partial charge in [-0.2, -0.15) is 13.2 Å². The van der Waals surface area contributed by atoms with Crippen LogP contribution in [0.1, 0.15) is 57.4 Å². The van der Waals surface area contributed by atoms with Gasteiger partial charge in [-0.25, -0.2) is 4.39 Å². The Bertz CT molecular complexity index is 758. The summed E-state index contributed by atoms with van der Waals surface area (Å²) in [4.78, 5) is 22.6. The number of benzene rings is 1. The number of carboxylic acids is 1. The molecule has 0 aromatic heterocycles. The molecule has 2 fully saturated rings. The van der Waals surface area contributed by atoms with Crippen LogP contribution in [0.4, 0.5) is 23.2 Å². The number of amides is 1. The van der Waals surface area contributed by atoms with E-state index in [1.807, 2.05) is 0 Å². The number of piperidine rings is 1. The molecule has 1 amide bonds. The highest BCUT2D eigenvalue weighted by atomic mass is 19.4. The minimum atomic E-state index is -4.46. The van der Waals surface area contributed by atoms with Crippen LogP contribution in [0, 0.1) is 17.2 Å². The van der Waals surface area contributed by atoms with E-state index in [4.69, 9.17) is 5.11 Å². The first-order valence-electron chi connectivity index (χ1n) is 10.6. The van der Waals surface area contributed by atoms with Crippen molar-refractivity contribution in [3.8, 4) is 0 Å². The van der Waals surface area contributed by atoms with E-state index in [0.717, 1.165) is 12.0 Å². The van der Waals surface area contributed by atoms with Gasteiger partial charge in [0, 0.05) is 6.42 Å². The van der Waals surface area contributed by atoms with Crippen molar-refractivity contribution in [2.45, 2.75) is 64.5 Å². The third-order valence-corrected chi connectivity index (χ3v) is 5.83. The molecule has 2 aliphatic rings. The number of aliphatic carboxylic acids is 1. The Kier molecular flexibility index (Phi) is 8.85. The summed E-state index contributed by atoms with van der Waals surface area (Å²) in [7, 11) is 0. The summed E-state index contributed by atoms with van der Waals surface area (Å²) in [6.45, 7) is 4.78. The van der Waals surface area contributed by atoms with Crippen molar-refractivity contribution in [2.24, 2.45) is 11.3 Å². The van der Waals surface area contributed by atoms with E-state index in [1.165, 1.54) is 44.5 Å². The number of carbonyl (C=O) groups is 2. The van der Waals surface area contributed by atoms with Crippen molar-refractivity contribution in [2.75, 3.05) is 18.4 Å². The van der Waals surface area contributed by atoms with Gasteiger partial charge in [0.2, 0.25) is 5.91 Å². The average molecular weight is 446 g/mol. The largest absolute Gasteiger partial charge is 0.481 e. The van der Waals surface area contributed by atoms with E-state index < -0.39 is 42.1 Å². The maximum absolute atomic E-state index is 13.7. The molecular weight excluding hydrogens is 416 g/mol. The second-order valence-corrected chi connectivity index (χ2v) is 8.34. The van der Waals surface area contributed by atoms with Crippen molar-refractivity contribution in [1.82, 2.24) is 5.32 Å². The molecule has 3 N–H and O–H groups in total. The predicted molar refractivity (Wildman–Crippen MR) is 109 cm³/mol. The van der Waals surface area contributed by atoms with Gasteiger partial charge in [0.25, 0.3) is 0 Å². The van der Waals surface area contributed by atoms with E-state index in [1.54, 1.807) is 0 Å². The summed E-state index contributed by atoms with van der Waals surface area (Å²) in [6, 6.07) is 3.74. The Morgan fingerprint density at radius 1 is 1.23 bits per heavy atom. The second kappa shape index (κ2) is 10.9. The highest BCUT2D eigenvalue weighted by molar-refractivity contribution is 5.91. The smallest absolute Gasteiger partial charge is 0.389 e. The maximum Gasteiger partial charge on any atom is 0.389 e. The van der Waals surface area contributed by atoms with Crippen LogP contribution in [-0.2, 0) is 16.0 Å². The molecule has 1 heterocycles. The van der Waals surface area contributed by atoms with Gasteiger partial charge < -0.3 is 15.7 Å². The van der Waals surface area contributed by atoms with Gasteiger partial charge in [-0.3, -0.25) is 9.59 Å². The quantitative estimate of drug-likeness (QED) is 0.520. The minimum absolute atomic E-state index is 0.189. The van der Waals surface area contributed by atoms with Crippen LogP contribution in [0.15, 0.2) is 18.2 Å². The van der Waals surface area contributed by atoms with Crippen LogP contribution in [0.25, 0.3) is 0 Å². The first-order chi connectivity index (χ1) is 14.5. The lowest BCUT2D eigenvalue weighted by Gasteiger charge is -2.20. The average Bonchev–Trinajstić information content (AvgIpc) is 3.50. The van der Waals surface area contributed by atoms with Gasteiger partial charge in [-0.05, 0) is 68.8 Å². The number of hydrogen-bond donors (Lipinski definition) is 3. The number of carboxylic acid groups (broad SMARTS) is 1. The molecule has 0 atom stereocenters. The Morgan fingerprint density at radius 2 is 1.87 bits per heavy atom. The van der Waals surface area contributed by atoms with Crippen LogP contribution >= 0.6 is 0 Å². The Morgan fingerprint density at radius 3 is 2.35 bits per heavy atom. The third-order valence-electron chi connectivity index (χ3n) is 5.83. The highest BCUT2D eigenvalue weighted by Crippen LogP contribution is 2.48. The summed E-state index contributed by atoms with van der Waals surface area (Å²) >= 11 is 0. The van der Waals surface area contributed by atoms with Gasteiger partial charge in [0.05, 0.1) is 17.5 Å². The molecule has 174 valence electrons. The fourth-order valence-corrected chi connectivity index (χ4v) is 3.54. The molecule has 0 bridgehead atoms. The van der Waals surface area contributed by atoms with Gasteiger partial charge in [-0.1, -0.05) is 19.4 Å². The Labute approximate surface area is 179 Å². The van der Waals surface area contributed by atoms with Crippen LogP contribution in [-0.4, -0.2) is 36.2 Å². The molecule has 1 aromatic carbocycles. The number of carbonyl (C=O) groups excluding carboxylic acids is 1. The van der Waals surface area contributed by atoms with Gasteiger partial charge in [0.1, 0.15) is 5.82 Å². The summed E-state index contributed by atoms with van der Waals surface area (Å²) in [5.41, 5.74) is -0.580. The van der Waals surface area contributed by atoms with Crippen LogP contribution in [0.5, 0.6) is 0 Å². The lowest BCUT2D eigenvalue weighted by Crippen LogP contribution is -2.27. The van der Waals surface area contributed by atoms with E-state index in [2.05, 4.69) is 17.6 Å². The van der Waals surface area contributed by atoms with Crippen molar-refractivity contribution in [1.29, 1.82) is 0 Å². The highest BCUT2D eigenvalue weighted by Gasteiger charge is 2.50. The lowest BCUT2D eigenvalue weighted by molar-refractivity contribution is -0.143. The summed E-state index contributed by atoms with van der Waals surface area (Å²) in [5, 5.41) is 14.6. The fraction of sp³-hybridized carbons (Fsp3) is 0.636. The topological polar surface area (TPSA) is 78.4 Å². The number of hydrogen-bond acceptors (Lipinski definition) is 3. The fourth-order valence-electron chi connectivity index (χ4n) is 3.54. The number of nitrogens with one attached hydrogen (secondary N) is 2. The standard InChI is InChI=1S/C15H15F4NO3.C7H15N/c16-10-2-1-9(8-14(5-6-14)13(22)23)7-11(10)20-12(21)3-4-15(17,18)19;1-2-7-3-5-8-6-4-7/h1-2,7H,3-6,8H2,(H,20,21)(H,22,23);7-8H,2-6H2,1H3. The number of anilines is 1. The van der Waals surface area contributed by atoms with E-state index in [-0.39, 0.29) is 12.1 Å². The molecule has 5 nitrogen and oxygen atoms in total. The molecule has 0 unspecified atom stereocenters. The van der Waals surface area contributed by atoms with E-state index in [9.17, 15) is 27.2 Å². The lowest BCUT2D eigenvalue weighted by atomic mass is 9.96. The van der Waals surface area contributed by atoms with Gasteiger partial charge in [0.15, 0.2) is 0 Å². The predicted octanol–water partition coefficient (Wildman–Crippen LogP) is 4.91. The molecule has 0 spiro atoms. The zero-order chi connectivity index (χ0) is 23.1. The maximum atomic E-state index is 13.7. The zero-order valence-electron chi connectivity index (χ0n) is 17.7. The molecule has 31 heavy (non-hydrogen) atoms. The van der Waals surface area contributed by atoms with Gasteiger partial charge in [-0.15, -0.1) is 0 Å². The third kappa shape index (κ3) is 8.47. The minimum Gasteiger partial charge on any atom is -0.481 e. The molecule has 1 aliphatic carbocycles. The molecule has 9 heteroatoms. The molecule has 3 rings (SSSR count). The summed E-state index contributed by atoms with van der Waals surface area (Å²) in [6.07, 6.45) is -1.14. The van der Waals surface area contributed by atoms with Crippen molar-refractivity contribution in [3.63, 3.8) is 0 Å².